The van der Waals surface area contributed by atoms with E-state index in [-0.39, 0.29) is 12.0 Å². The van der Waals surface area contributed by atoms with Gasteiger partial charge in [0.2, 0.25) is 0 Å². The number of nitrogens with one attached hydrogen (secondary N) is 2. The molecule has 6 nitrogen and oxygen atoms in total. The molecule has 0 radical (unpaired) electrons. The second-order valence-corrected chi connectivity index (χ2v) is 10.9. The van der Waals surface area contributed by atoms with Crippen LogP contribution in [0.5, 0.6) is 0 Å². The van der Waals surface area contributed by atoms with Crippen molar-refractivity contribution >= 4 is 22.9 Å². The molecule has 2 aromatic carbocycles. The summed E-state index contributed by atoms with van der Waals surface area (Å²) >= 11 is 0. The highest BCUT2D eigenvalue weighted by atomic mass is 16.6. The van der Waals surface area contributed by atoms with Crippen LogP contribution in [0.15, 0.2) is 54.6 Å². The summed E-state index contributed by atoms with van der Waals surface area (Å²) in [5.41, 5.74) is 3.98. The number of para-hydroxylation sites is 1. The molecule has 0 spiro atoms. The first kappa shape index (κ1) is 25.7. The molecule has 1 fully saturated rings. The Morgan fingerprint density at radius 1 is 0.917 bits per heavy atom. The van der Waals surface area contributed by atoms with Crippen LogP contribution in [0, 0.1) is 18.8 Å². The molecule has 2 N–H and O–H groups in total. The number of alkyl carbamates (subject to hydrolysis) is 1. The Hall–Kier alpha value is -3.41. The molecular formula is C30H37N3O3. The highest BCUT2D eigenvalue weighted by Crippen LogP contribution is 2.29. The molecule has 1 aliphatic carbocycles. The van der Waals surface area contributed by atoms with E-state index in [1.165, 1.54) is 5.56 Å². The first-order chi connectivity index (χ1) is 17.2. The Morgan fingerprint density at radius 3 is 2.17 bits per heavy atom. The number of nitrogens with zero attached hydrogens (tertiary/aromatic N) is 1. The molecular weight excluding hydrogens is 450 g/mol. The summed E-state index contributed by atoms with van der Waals surface area (Å²) in [5, 5.41) is 6.94. The Bertz CT molecular complexity index is 1210. The number of hydrogen-bond donors (Lipinski definition) is 2. The van der Waals surface area contributed by atoms with Crippen molar-refractivity contribution < 1.29 is 14.3 Å². The van der Waals surface area contributed by atoms with Crippen molar-refractivity contribution in [1.82, 2.24) is 15.6 Å². The third-order valence-corrected chi connectivity index (χ3v) is 6.76. The topological polar surface area (TPSA) is 80.3 Å². The average molecular weight is 488 g/mol. The maximum absolute atomic E-state index is 13.3. The number of rotatable bonds is 6. The standard InChI is InChI=1S/C30H37N3O3/c1-20-9-15-23(16-10-20)27-17-25(24-7-5-6-8-26(24)33-27)28(34)31-18-21-11-13-22(14-12-21)19-32-29(35)36-30(2,3)4/h5-10,15-17,21-22H,11-14,18-19H2,1-4H3,(H,31,34)(H,32,35)/t21-,22-. The van der Waals surface area contributed by atoms with Gasteiger partial charge in [-0.1, -0.05) is 48.0 Å². The number of carbonyl (C=O) groups is 2. The van der Waals surface area contributed by atoms with E-state index >= 15 is 0 Å². The number of fused-ring (bicyclic) bond motifs is 1. The first-order valence-corrected chi connectivity index (χ1v) is 12.9. The number of carbonyl (C=O) groups excluding carboxylic acids is 2. The second-order valence-electron chi connectivity index (χ2n) is 10.9. The van der Waals surface area contributed by atoms with Crippen LogP contribution >= 0.6 is 0 Å². The van der Waals surface area contributed by atoms with Crippen molar-refractivity contribution in [3.05, 3.63) is 65.7 Å². The minimum atomic E-state index is -0.485. The highest BCUT2D eigenvalue weighted by Gasteiger charge is 2.24. The zero-order chi connectivity index (χ0) is 25.7. The number of amides is 2. The fourth-order valence-corrected chi connectivity index (χ4v) is 4.75. The van der Waals surface area contributed by atoms with Crippen molar-refractivity contribution in [2.75, 3.05) is 13.1 Å². The van der Waals surface area contributed by atoms with Gasteiger partial charge >= 0.3 is 6.09 Å². The van der Waals surface area contributed by atoms with E-state index in [4.69, 9.17) is 9.72 Å². The van der Waals surface area contributed by atoms with Gasteiger partial charge in [-0.15, -0.1) is 0 Å². The predicted molar refractivity (Wildman–Crippen MR) is 144 cm³/mol. The second kappa shape index (κ2) is 11.1. The molecule has 6 heteroatoms. The fraction of sp³-hybridized carbons (Fsp3) is 0.433. The summed E-state index contributed by atoms with van der Waals surface area (Å²) < 4.78 is 5.33. The van der Waals surface area contributed by atoms with Gasteiger partial charge in [0.1, 0.15) is 5.60 Å². The number of hydrogen-bond acceptors (Lipinski definition) is 4. The van der Waals surface area contributed by atoms with Crippen molar-refractivity contribution in [2.24, 2.45) is 11.8 Å². The summed E-state index contributed by atoms with van der Waals surface area (Å²) in [6.07, 6.45) is 3.78. The summed E-state index contributed by atoms with van der Waals surface area (Å²) in [6.45, 7) is 8.94. The fourth-order valence-electron chi connectivity index (χ4n) is 4.75. The molecule has 190 valence electrons. The van der Waals surface area contributed by atoms with Gasteiger partial charge < -0.3 is 15.4 Å². The molecule has 36 heavy (non-hydrogen) atoms. The van der Waals surface area contributed by atoms with E-state index < -0.39 is 5.60 Å². The third-order valence-electron chi connectivity index (χ3n) is 6.76. The van der Waals surface area contributed by atoms with E-state index in [1.54, 1.807) is 0 Å². The molecule has 0 saturated heterocycles. The first-order valence-electron chi connectivity index (χ1n) is 12.9. The summed E-state index contributed by atoms with van der Waals surface area (Å²) in [5.74, 6) is 0.831. The molecule has 0 unspecified atom stereocenters. The van der Waals surface area contributed by atoms with Gasteiger partial charge in [0.25, 0.3) is 5.91 Å². The predicted octanol–water partition coefficient (Wildman–Crippen LogP) is 6.27. The zero-order valence-electron chi connectivity index (χ0n) is 21.8. The summed E-state index contributed by atoms with van der Waals surface area (Å²) in [6, 6.07) is 17.9. The van der Waals surface area contributed by atoms with Gasteiger partial charge in [-0.3, -0.25) is 4.79 Å². The Labute approximate surface area is 213 Å². The van der Waals surface area contributed by atoms with Gasteiger partial charge in [-0.2, -0.15) is 0 Å². The quantitative estimate of drug-likeness (QED) is 0.429. The van der Waals surface area contributed by atoms with Gasteiger partial charge in [-0.25, -0.2) is 9.78 Å². The largest absolute Gasteiger partial charge is 0.444 e. The molecule has 4 rings (SSSR count). The van der Waals surface area contributed by atoms with Crippen molar-refractivity contribution in [2.45, 2.75) is 59.0 Å². The number of benzene rings is 2. The molecule has 2 amide bonds. The summed E-state index contributed by atoms with van der Waals surface area (Å²) in [7, 11) is 0. The Balaban J connectivity index is 1.35. The van der Waals surface area contributed by atoms with Crippen LogP contribution in [0.25, 0.3) is 22.2 Å². The molecule has 0 atom stereocenters. The lowest BCUT2D eigenvalue weighted by atomic mass is 9.82. The van der Waals surface area contributed by atoms with Gasteiger partial charge in [0.05, 0.1) is 16.8 Å². The molecule has 0 aliphatic heterocycles. The van der Waals surface area contributed by atoms with Crippen molar-refractivity contribution in [1.29, 1.82) is 0 Å². The van der Waals surface area contributed by atoms with Crippen LogP contribution in [0.1, 0.15) is 62.4 Å². The molecule has 1 aromatic heterocycles. The number of pyridine rings is 1. The average Bonchev–Trinajstić information content (AvgIpc) is 2.85. The molecule has 0 bridgehead atoms. The van der Waals surface area contributed by atoms with Crippen molar-refractivity contribution in [3.8, 4) is 11.3 Å². The van der Waals surface area contributed by atoms with E-state index in [0.29, 0.717) is 30.5 Å². The maximum Gasteiger partial charge on any atom is 0.407 e. The van der Waals surface area contributed by atoms with Crippen LogP contribution in [0.4, 0.5) is 4.79 Å². The maximum atomic E-state index is 13.3. The smallest absolute Gasteiger partial charge is 0.407 e. The van der Waals surface area contributed by atoms with Gasteiger partial charge in [0, 0.05) is 24.0 Å². The van der Waals surface area contributed by atoms with E-state index in [9.17, 15) is 9.59 Å². The number of aryl methyl sites for hydroxylation is 1. The lowest BCUT2D eigenvalue weighted by Gasteiger charge is -2.29. The lowest BCUT2D eigenvalue weighted by molar-refractivity contribution is 0.0512. The van der Waals surface area contributed by atoms with Gasteiger partial charge in [0.15, 0.2) is 0 Å². The van der Waals surface area contributed by atoms with E-state index in [2.05, 4.69) is 29.7 Å². The highest BCUT2D eigenvalue weighted by molar-refractivity contribution is 6.07. The summed E-state index contributed by atoms with van der Waals surface area (Å²) in [4.78, 5) is 30.0. The van der Waals surface area contributed by atoms with E-state index in [1.807, 2.05) is 63.2 Å². The van der Waals surface area contributed by atoms with E-state index in [0.717, 1.165) is 47.8 Å². The Morgan fingerprint density at radius 2 is 1.53 bits per heavy atom. The van der Waals surface area contributed by atoms with Gasteiger partial charge in [-0.05, 0) is 77.3 Å². The monoisotopic (exact) mass is 487 g/mol. The van der Waals surface area contributed by atoms with Crippen LogP contribution in [-0.2, 0) is 4.74 Å². The number of ether oxygens (including phenoxy) is 1. The van der Waals surface area contributed by atoms with Crippen LogP contribution in [0.3, 0.4) is 0 Å². The lowest BCUT2D eigenvalue weighted by Crippen LogP contribution is -2.37. The molecule has 1 heterocycles. The minimum absolute atomic E-state index is 0.0596. The van der Waals surface area contributed by atoms with Crippen LogP contribution in [-0.4, -0.2) is 35.7 Å². The van der Waals surface area contributed by atoms with Crippen LogP contribution < -0.4 is 10.6 Å². The SMILES string of the molecule is Cc1ccc(-c2cc(C(=O)NC[C@H]3CC[C@H](CNC(=O)OC(C)(C)C)CC3)c3ccccc3n2)cc1. The van der Waals surface area contributed by atoms with Crippen LogP contribution in [0.2, 0.25) is 0 Å². The molecule has 3 aromatic rings. The molecule has 1 saturated carbocycles. The number of aromatic nitrogens is 1. The third kappa shape index (κ3) is 6.84. The zero-order valence-corrected chi connectivity index (χ0v) is 21.8. The van der Waals surface area contributed by atoms with Crippen molar-refractivity contribution in [3.63, 3.8) is 0 Å². The normalized spacial score (nSPS) is 18.0. The molecule has 1 aliphatic rings. The minimum Gasteiger partial charge on any atom is -0.444 e. The Kier molecular flexibility index (Phi) is 7.92.